The average Bonchev–Trinajstić information content (AvgIpc) is 1.91. The first-order chi connectivity index (χ1) is 5.74. The van der Waals surface area contributed by atoms with Crippen molar-refractivity contribution in [1.29, 1.82) is 0 Å². The van der Waals surface area contributed by atoms with E-state index in [-0.39, 0.29) is 0 Å². The molecule has 2 aliphatic rings. The molecule has 0 aromatic heterocycles. The Kier molecular flexibility index (Phi) is 1.86. The molecule has 2 aliphatic heterocycles. The lowest BCUT2D eigenvalue weighted by Crippen LogP contribution is -2.70. The van der Waals surface area contributed by atoms with Gasteiger partial charge in [-0.2, -0.15) is 0 Å². The lowest BCUT2D eigenvalue weighted by molar-refractivity contribution is -0.0982. The van der Waals surface area contributed by atoms with E-state index in [4.69, 9.17) is 0 Å². The molecule has 0 saturated carbocycles. The van der Waals surface area contributed by atoms with Crippen LogP contribution in [0.5, 0.6) is 0 Å². The molecule has 0 aromatic carbocycles. The Morgan fingerprint density at radius 1 is 1.25 bits per heavy atom. The maximum atomic E-state index is 3.11. The Morgan fingerprint density at radius 2 is 1.92 bits per heavy atom. The van der Waals surface area contributed by atoms with Crippen LogP contribution in [0.25, 0.3) is 0 Å². The van der Waals surface area contributed by atoms with E-state index in [0.29, 0.717) is 5.41 Å². The molecule has 0 aromatic rings. The predicted molar refractivity (Wildman–Crippen MR) is 49.8 cm³/mol. The Morgan fingerprint density at radius 3 is 2.42 bits per heavy atom. The molecule has 0 atom stereocenters. The molecule has 2 nitrogen and oxygen atoms in total. The first-order valence-electron chi connectivity index (χ1n) is 4.55. The molecule has 0 aliphatic carbocycles. The summed E-state index contributed by atoms with van der Waals surface area (Å²) in [5.41, 5.74) is 0.671. The Balaban J connectivity index is 1.72. The Hall–Kier alpha value is -0.520. The van der Waals surface area contributed by atoms with Crippen molar-refractivity contribution in [2.45, 2.75) is 6.92 Å². The van der Waals surface area contributed by atoms with Gasteiger partial charge in [0.05, 0.1) is 6.54 Å². The largest absolute Gasteiger partial charge is 0.305 e. The lowest BCUT2D eigenvalue weighted by Gasteiger charge is -2.59. The van der Waals surface area contributed by atoms with Crippen LogP contribution in [0.2, 0.25) is 0 Å². The Bertz CT molecular complexity index is 222. The molecule has 2 fully saturated rings. The van der Waals surface area contributed by atoms with Crippen LogP contribution in [0.3, 0.4) is 0 Å². The van der Waals surface area contributed by atoms with E-state index in [0.717, 1.165) is 6.54 Å². The van der Waals surface area contributed by atoms with E-state index in [1.165, 1.54) is 26.2 Å². The van der Waals surface area contributed by atoms with Crippen molar-refractivity contribution in [3.8, 4) is 11.8 Å². The van der Waals surface area contributed by atoms with E-state index in [9.17, 15) is 0 Å². The summed E-state index contributed by atoms with van der Waals surface area (Å²) < 4.78 is 0. The normalized spacial score (nSPS) is 27.2. The summed E-state index contributed by atoms with van der Waals surface area (Å²) >= 11 is 0. The Labute approximate surface area is 74.5 Å². The second-order valence-electron chi connectivity index (χ2n) is 4.24. The second kappa shape index (κ2) is 2.76. The van der Waals surface area contributed by atoms with E-state index >= 15 is 0 Å². The van der Waals surface area contributed by atoms with Crippen LogP contribution in [-0.2, 0) is 0 Å². The maximum absolute atomic E-state index is 3.11. The highest BCUT2D eigenvalue weighted by molar-refractivity contribution is 5.08. The number of rotatable bonds is 1. The summed E-state index contributed by atoms with van der Waals surface area (Å²) in [5, 5.41) is 0. The molecule has 2 saturated heterocycles. The molecular weight excluding hydrogens is 148 g/mol. The maximum Gasteiger partial charge on any atom is 0.0601 e. The van der Waals surface area contributed by atoms with Crippen LogP contribution in [-0.4, -0.2) is 49.6 Å². The molecule has 12 heavy (non-hydrogen) atoms. The van der Waals surface area contributed by atoms with Gasteiger partial charge in [0.1, 0.15) is 0 Å². The number of hydrogen-bond acceptors (Lipinski definition) is 2. The minimum absolute atomic E-state index is 0.671. The predicted octanol–water partition coefficient (Wildman–Crippen LogP) is 0.257. The van der Waals surface area contributed by atoms with Crippen LogP contribution in [0.15, 0.2) is 0 Å². The second-order valence-corrected chi connectivity index (χ2v) is 4.24. The van der Waals surface area contributed by atoms with Crippen molar-refractivity contribution in [3.05, 3.63) is 0 Å². The zero-order valence-corrected chi connectivity index (χ0v) is 7.93. The fourth-order valence-corrected chi connectivity index (χ4v) is 2.50. The first kappa shape index (κ1) is 8.10. The molecule has 0 radical (unpaired) electrons. The zero-order chi connectivity index (χ0) is 8.60. The van der Waals surface area contributed by atoms with Crippen molar-refractivity contribution in [2.75, 3.05) is 39.8 Å². The summed E-state index contributed by atoms with van der Waals surface area (Å²) in [6.07, 6.45) is 0. The third-order valence-electron chi connectivity index (χ3n) is 2.81. The first-order valence-corrected chi connectivity index (χ1v) is 4.55. The molecule has 2 rings (SSSR count). The van der Waals surface area contributed by atoms with Gasteiger partial charge in [0.2, 0.25) is 0 Å². The standard InChI is InChI=1S/C10H16N2/c1-3-4-5-12-8-10(9-12)6-11(2)7-10/h5-9H2,1-2H3. The van der Waals surface area contributed by atoms with Gasteiger partial charge in [-0.1, -0.05) is 5.92 Å². The van der Waals surface area contributed by atoms with E-state index in [1.807, 2.05) is 6.92 Å². The summed E-state index contributed by atoms with van der Waals surface area (Å²) in [6, 6.07) is 0. The molecule has 2 heteroatoms. The number of nitrogens with zero attached hydrogens (tertiary/aromatic N) is 2. The van der Waals surface area contributed by atoms with Crippen molar-refractivity contribution in [1.82, 2.24) is 9.80 Å². The summed E-state index contributed by atoms with van der Waals surface area (Å²) in [4.78, 5) is 4.83. The highest BCUT2D eigenvalue weighted by Crippen LogP contribution is 2.37. The fourth-order valence-electron chi connectivity index (χ4n) is 2.50. The van der Waals surface area contributed by atoms with Crippen LogP contribution in [0.1, 0.15) is 6.92 Å². The smallest absolute Gasteiger partial charge is 0.0601 e. The molecule has 2 heterocycles. The lowest BCUT2D eigenvalue weighted by atomic mass is 9.73. The van der Waals surface area contributed by atoms with Crippen molar-refractivity contribution in [3.63, 3.8) is 0 Å². The van der Waals surface area contributed by atoms with Gasteiger partial charge in [0, 0.05) is 31.6 Å². The van der Waals surface area contributed by atoms with Crippen molar-refractivity contribution >= 4 is 0 Å². The van der Waals surface area contributed by atoms with Gasteiger partial charge < -0.3 is 4.90 Å². The molecule has 66 valence electrons. The van der Waals surface area contributed by atoms with E-state index in [1.54, 1.807) is 0 Å². The molecule has 0 unspecified atom stereocenters. The fraction of sp³-hybridized carbons (Fsp3) is 0.800. The van der Waals surface area contributed by atoms with Gasteiger partial charge in [0.25, 0.3) is 0 Å². The number of likely N-dealkylation sites (tertiary alicyclic amines) is 2. The average molecular weight is 164 g/mol. The van der Waals surface area contributed by atoms with Gasteiger partial charge in [-0.05, 0) is 14.0 Å². The number of hydrogen-bond donors (Lipinski definition) is 0. The quantitative estimate of drug-likeness (QED) is 0.513. The van der Waals surface area contributed by atoms with Crippen molar-refractivity contribution < 1.29 is 0 Å². The third-order valence-corrected chi connectivity index (χ3v) is 2.81. The van der Waals surface area contributed by atoms with Crippen LogP contribution >= 0.6 is 0 Å². The van der Waals surface area contributed by atoms with Gasteiger partial charge in [-0.25, -0.2) is 0 Å². The minimum Gasteiger partial charge on any atom is -0.305 e. The molecule has 0 bridgehead atoms. The van der Waals surface area contributed by atoms with Gasteiger partial charge in [-0.15, -0.1) is 5.92 Å². The summed E-state index contributed by atoms with van der Waals surface area (Å²) in [5.74, 6) is 6.05. The highest BCUT2D eigenvalue weighted by atomic mass is 15.3. The molecular formula is C10H16N2. The molecule has 0 amide bonds. The minimum atomic E-state index is 0.671. The molecule has 0 N–H and O–H groups in total. The highest BCUT2D eigenvalue weighted by Gasteiger charge is 2.49. The monoisotopic (exact) mass is 164 g/mol. The van der Waals surface area contributed by atoms with E-state index < -0.39 is 0 Å². The molecule has 1 spiro atoms. The summed E-state index contributed by atoms with van der Waals surface area (Å²) in [7, 11) is 2.19. The third kappa shape index (κ3) is 1.24. The van der Waals surface area contributed by atoms with Crippen LogP contribution < -0.4 is 0 Å². The topological polar surface area (TPSA) is 6.48 Å². The van der Waals surface area contributed by atoms with Crippen molar-refractivity contribution in [2.24, 2.45) is 5.41 Å². The van der Waals surface area contributed by atoms with Gasteiger partial charge in [0.15, 0.2) is 0 Å². The van der Waals surface area contributed by atoms with Crippen LogP contribution in [0, 0.1) is 17.3 Å². The van der Waals surface area contributed by atoms with E-state index in [2.05, 4.69) is 28.7 Å². The van der Waals surface area contributed by atoms with Crippen LogP contribution in [0.4, 0.5) is 0 Å². The zero-order valence-electron chi connectivity index (χ0n) is 7.93. The summed E-state index contributed by atoms with van der Waals surface area (Å²) in [6.45, 7) is 8.01. The van der Waals surface area contributed by atoms with Gasteiger partial charge in [-0.3, -0.25) is 4.90 Å². The SMILES string of the molecule is CC#CCN1CC2(CN(C)C2)C1. The van der Waals surface area contributed by atoms with Gasteiger partial charge >= 0.3 is 0 Å².